The van der Waals surface area contributed by atoms with Crippen LogP contribution in [-0.2, 0) is 75.8 Å². The van der Waals surface area contributed by atoms with E-state index in [1.165, 1.54) is 209 Å². The maximum absolute atomic E-state index is 9.90. The molecular weight excluding hydrogens is 1530 g/mol. The molecule has 6 saturated heterocycles. The third-order valence-electron chi connectivity index (χ3n) is 38.3. The van der Waals surface area contributed by atoms with E-state index in [0.717, 1.165) is 88.1 Å². The number of rotatable bonds is 12. The molecule has 6 N–H and O–H groups in total. The van der Waals surface area contributed by atoms with E-state index in [4.69, 9.17) is 4.74 Å². The van der Waals surface area contributed by atoms with Crippen LogP contribution in [0.5, 0.6) is 34.5 Å². The number of benzene rings is 6. The number of hydrogen-bond donors (Lipinski definition) is 6. The first-order chi connectivity index (χ1) is 58.8. The van der Waals surface area contributed by atoms with Crippen LogP contribution in [0.4, 0.5) is 0 Å². The number of ether oxygens (including phenoxy) is 1. The molecule has 676 valence electrons. The van der Waals surface area contributed by atoms with Gasteiger partial charge in [-0.05, 0) is 418 Å². The molecule has 10 aliphatic carbocycles. The molecule has 20 atom stereocenters. The van der Waals surface area contributed by atoms with Crippen LogP contribution in [-0.4, -0.2) is 188 Å². The number of piperidine rings is 6. The third kappa shape index (κ3) is 17.0. The lowest BCUT2D eigenvalue weighted by Gasteiger charge is -2.56. The molecule has 16 aliphatic rings. The smallest absolute Gasteiger partial charge is 0.115 e. The lowest BCUT2D eigenvalue weighted by molar-refractivity contribution is 0.000385. The van der Waals surface area contributed by atoms with Crippen LogP contribution >= 0.6 is 0 Å². The van der Waals surface area contributed by atoms with Gasteiger partial charge in [0, 0.05) is 81.6 Å². The number of likely N-dealkylation sites (tertiary alicyclic amines) is 6. The number of phenolic OH excluding ortho intramolecular Hbond substituents is 6. The number of hydrogen-bond acceptors (Lipinski definition) is 13. The summed E-state index contributed by atoms with van der Waals surface area (Å²) < 4.78 is 5.25. The molecule has 124 heavy (non-hydrogen) atoms. The van der Waals surface area contributed by atoms with Crippen molar-refractivity contribution >= 4 is 0 Å². The third-order valence-corrected chi connectivity index (χ3v) is 38.3. The van der Waals surface area contributed by atoms with E-state index in [-0.39, 0.29) is 32.5 Å². The number of aromatic hydroxyl groups is 6. The van der Waals surface area contributed by atoms with E-state index in [1.54, 1.807) is 7.11 Å². The molecule has 13 heteroatoms. The molecule has 6 heterocycles. The Kier molecular flexibility index (Phi) is 24.6. The maximum Gasteiger partial charge on any atom is 0.115 e. The fourth-order valence-corrected chi connectivity index (χ4v) is 28.0. The highest BCUT2D eigenvalue weighted by Crippen LogP contribution is 2.59. The van der Waals surface area contributed by atoms with Gasteiger partial charge >= 0.3 is 0 Å². The van der Waals surface area contributed by atoms with Gasteiger partial charge in [0.15, 0.2) is 0 Å². The highest BCUT2D eigenvalue weighted by molar-refractivity contribution is 5.50. The fourth-order valence-electron chi connectivity index (χ4n) is 28.0. The predicted molar refractivity (Wildman–Crippen MR) is 506 cm³/mol. The van der Waals surface area contributed by atoms with Gasteiger partial charge in [0.25, 0.3) is 0 Å². The van der Waals surface area contributed by atoms with Gasteiger partial charge in [-0.1, -0.05) is 147 Å². The highest BCUT2D eigenvalue weighted by Gasteiger charge is 2.57. The molecule has 0 aromatic heterocycles. The van der Waals surface area contributed by atoms with Crippen LogP contribution in [0.1, 0.15) is 281 Å². The summed E-state index contributed by atoms with van der Waals surface area (Å²) in [4.78, 5) is 16.4. The van der Waals surface area contributed by atoms with E-state index in [9.17, 15) is 30.6 Å². The van der Waals surface area contributed by atoms with Crippen LogP contribution in [0, 0.1) is 64.1 Å². The molecule has 10 fully saturated rings. The molecule has 0 amide bonds. The molecule has 6 aromatic carbocycles. The molecule has 22 rings (SSSR count). The second-order valence-corrected chi connectivity index (χ2v) is 46.8. The van der Waals surface area contributed by atoms with E-state index in [2.05, 4.69) is 190 Å². The van der Waals surface area contributed by atoms with Gasteiger partial charge in [-0.15, -0.1) is 0 Å². The summed E-state index contributed by atoms with van der Waals surface area (Å²) in [5.41, 5.74) is 19.4. The van der Waals surface area contributed by atoms with Gasteiger partial charge in [-0.3, -0.25) is 29.4 Å². The zero-order valence-corrected chi connectivity index (χ0v) is 79.9. The van der Waals surface area contributed by atoms with Gasteiger partial charge in [-0.2, -0.15) is 0 Å². The van der Waals surface area contributed by atoms with Crippen LogP contribution in [0.3, 0.4) is 0 Å². The Hall–Kier alpha value is -6.16. The molecule has 12 bridgehead atoms. The Morgan fingerprint density at radius 1 is 0.347 bits per heavy atom. The number of methoxy groups -OCH3 is 1. The van der Waals surface area contributed by atoms with Gasteiger partial charge in [0.2, 0.25) is 0 Å². The SMILES string of the molecule is CC1[C@H]2Cc3ccc(O)cc3[C@]1(C)CCN2CC(C)(C)C.CC1[C@H]2Cc3ccc(O)cc3[C@]1(C)CCN2CC1(C)CC1.COCCN1CC[C@@]2(C)c3cc(O)ccc3C[C@@H]1[C@@H]2C.C[C@@H](C1CC1)N1CC[C@]2(C)c3cc(O)ccc3C[C@@H]1[C@@H]2C.C[C@H](C1CC1)N1CC[C@]2(C)c3cc(O)ccc3C[C@@H]1[C@@H]2C.C[C@H]1[C@H]2Cc3ccc(O)cc3[C@]1(C)CCN2CC1CC1. The Morgan fingerprint density at radius 2 is 0.613 bits per heavy atom. The Morgan fingerprint density at radius 3 is 0.911 bits per heavy atom. The summed E-state index contributed by atoms with van der Waals surface area (Å²) >= 11 is 0. The normalized spacial score (nSPS) is 35.6. The van der Waals surface area contributed by atoms with Crippen molar-refractivity contribution in [2.75, 3.05) is 79.2 Å². The second kappa shape index (κ2) is 34.0. The monoisotopic (exact) mass is 1690 g/mol. The minimum absolute atomic E-state index is 0.195. The Bertz CT molecular complexity index is 4630. The highest BCUT2D eigenvalue weighted by atomic mass is 16.5. The van der Waals surface area contributed by atoms with E-state index >= 15 is 0 Å². The van der Waals surface area contributed by atoms with Crippen molar-refractivity contribution in [3.8, 4) is 34.5 Å². The fraction of sp³-hybridized carbons (Fsp3) is 0.676. The number of nitrogens with zero attached hydrogens (tertiary/aromatic N) is 6. The van der Waals surface area contributed by atoms with Crippen LogP contribution in [0.2, 0.25) is 0 Å². The molecule has 4 saturated carbocycles. The summed E-state index contributed by atoms with van der Waals surface area (Å²) in [6, 6.07) is 41.6. The Balaban J connectivity index is 0.000000105. The van der Waals surface area contributed by atoms with E-state index in [0.29, 0.717) is 117 Å². The number of fused-ring (bicyclic) bond motifs is 24. The zero-order valence-electron chi connectivity index (χ0n) is 79.9. The van der Waals surface area contributed by atoms with E-state index < -0.39 is 0 Å². The van der Waals surface area contributed by atoms with Crippen LogP contribution in [0.15, 0.2) is 109 Å². The molecule has 0 radical (unpaired) electrons. The van der Waals surface area contributed by atoms with Crippen molar-refractivity contribution in [1.82, 2.24) is 29.4 Å². The predicted octanol–water partition coefficient (Wildman–Crippen LogP) is 21.0. The minimum atomic E-state index is 0.195. The quantitative estimate of drug-likeness (QED) is 0.0691. The molecule has 6 aliphatic heterocycles. The van der Waals surface area contributed by atoms with Gasteiger partial charge in [-0.25, -0.2) is 0 Å². The lowest BCUT2D eigenvalue weighted by atomic mass is 9.58. The van der Waals surface area contributed by atoms with Gasteiger partial charge in [0.05, 0.1) is 6.61 Å². The van der Waals surface area contributed by atoms with Gasteiger partial charge in [0.1, 0.15) is 34.5 Å². The maximum atomic E-state index is 9.90. The standard InChI is InChI=1S/3C19H27NO.C19H29NO.C18H25NO.C17H25NO2/c1-13-17-10-14-4-5-15(21)11-16(14)19(13,3)8-9-20(17)12-18(2)6-7-18;2*1-12-18-10-15-6-7-16(21)11-17(15)19(12,3)8-9-20(18)13(2)14-4-5-14;1-13-17-10-14-6-7-15(21)11-16(14)19(13,5)8-9-20(17)12-18(2,3)4;1-12-17-9-14-5-6-15(20)10-16(14)18(12,2)7-8-19(17)11-13-3-4-13;1-12-16-10-13-4-5-14(19)11-15(13)17(12,2)6-7-18(16)8-9-20-3/h4-5,11,13,17,21H,6-10,12H2,1-3H3;2*6-7,11-14,18,21H,4-5,8-10H2,1-3H3;6-7,11,13,17,21H,8-10,12H2,1-5H3;5-6,10,12-13,17,20H,3-4,7-9,11H2,1-2H3;4-5,11-12,16,19H,6-10H2,1-3H3/t13?,17-,19-;12-,13+,18+,19-;12-,13-,18+,19-;13?,17-,19-;12-,17+,18+;12-,16+,17+/m100100/s1. The first kappa shape index (κ1) is 89.8. The summed E-state index contributed by atoms with van der Waals surface area (Å²) in [5, 5.41) is 59.2. The first-order valence-corrected chi connectivity index (χ1v) is 49.7. The topological polar surface area (TPSA) is 150 Å². The summed E-state index contributed by atoms with van der Waals surface area (Å²) in [6.07, 6.45) is 25.5. The molecule has 2 unspecified atom stereocenters. The van der Waals surface area contributed by atoms with Gasteiger partial charge < -0.3 is 35.4 Å². The summed E-state index contributed by atoms with van der Waals surface area (Å²) in [6.45, 7) is 56.1. The van der Waals surface area contributed by atoms with Crippen molar-refractivity contribution in [2.24, 2.45) is 64.1 Å². The minimum Gasteiger partial charge on any atom is -0.508 e. The van der Waals surface area contributed by atoms with Crippen molar-refractivity contribution in [3.63, 3.8) is 0 Å². The lowest BCUT2D eigenvalue weighted by Crippen LogP contribution is -2.60. The van der Waals surface area contributed by atoms with Crippen molar-refractivity contribution < 1.29 is 35.4 Å². The van der Waals surface area contributed by atoms with Crippen molar-refractivity contribution in [1.29, 1.82) is 0 Å². The first-order valence-electron chi connectivity index (χ1n) is 49.7. The Labute approximate surface area is 747 Å². The summed E-state index contributed by atoms with van der Waals surface area (Å²) in [5.74, 6) is 9.34. The number of phenols is 6. The molecule has 13 nitrogen and oxygen atoms in total. The summed E-state index contributed by atoms with van der Waals surface area (Å²) in [7, 11) is 1.77. The largest absolute Gasteiger partial charge is 0.508 e. The average Bonchev–Trinajstić information content (AvgIpc) is 1.32. The van der Waals surface area contributed by atoms with Crippen molar-refractivity contribution in [3.05, 3.63) is 176 Å². The zero-order chi connectivity index (χ0) is 88.0. The van der Waals surface area contributed by atoms with E-state index in [1.807, 2.05) is 72.8 Å². The molecular formula is C111H160N6O7. The average molecular weight is 1690 g/mol. The van der Waals surface area contributed by atoms with Crippen molar-refractivity contribution in [2.45, 2.75) is 334 Å². The second-order valence-electron chi connectivity index (χ2n) is 46.8. The molecule has 6 aromatic rings. The molecule has 0 spiro atoms. The van der Waals surface area contributed by atoms with Crippen LogP contribution in [0.25, 0.3) is 0 Å². The van der Waals surface area contributed by atoms with Crippen LogP contribution < -0.4 is 0 Å².